The quantitative estimate of drug-likeness (QED) is 0.810. The number of benzene rings is 2. The van der Waals surface area contributed by atoms with Crippen LogP contribution in [0.4, 0.5) is 0 Å². The molecule has 2 aliphatic rings. The number of fused-ring (bicyclic) bond motifs is 1. The predicted octanol–water partition coefficient (Wildman–Crippen LogP) is 4.23. The first kappa shape index (κ1) is 13.3. The summed E-state index contributed by atoms with van der Waals surface area (Å²) in [4.78, 5) is 4.68. The van der Waals surface area contributed by atoms with Gasteiger partial charge >= 0.3 is 0 Å². The molecular weight excluding hydrogens is 270 g/mol. The molecule has 0 saturated carbocycles. The van der Waals surface area contributed by atoms with Gasteiger partial charge < -0.3 is 4.74 Å². The van der Waals surface area contributed by atoms with E-state index in [0.717, 1.165) is 17.9 Å². The van der Waals surface area contributed by atoms with E-state index in [9.17, 15) is 0 Å². The number of hydrogen-bond acceptors (Lipinski definition) is 2. The minimum absolute atomic E-state index is 0.120. The standard InChI is InChI=1S/C20H19NO/c1-20(2)13-22-19(21-20)16-8-5-7-15(12-16)18-11-10-14-6-3-4-9-17(14)18/h3-9,11-12H,10,13H2,1-2H3. The Hall–Kier alpha value is -2.35. The number of hydrogen-bond donors (Lipinski definition) is 0. The summed E-state index contributed by atoms with van der Waals surface area (Å²) in [5.74, 6) is 0.763. The lowest BCUT2D eigenvalue weighted by molar-refractivity contribution is 0.279. The summed E-state index contributed by atoms with van der Waals surface area (Å²) in [5.41, 5.74) is 6.24. The second-order valence-corrected chi connectivity index (χ2v) is 6.58. The Morgan fingerprint density at radius 1 is 1.00 bits per heavy atom. The van der Waals surface area contributed by atoms with Gasteiger partial charge in [0.05, 0.1) is 5.54 Å². The molecule has 2 nitrogen and oxygen atoms in total. The van der Waals surface area contributed by atoms with Crippen molar-refractivity contribution in [3.8, 4) is 0 Å². The summed E-state index contributed by atoms with van der Waals surface area (Å²) in [7, 11) is 0. The minimum Gasteiger partial charge on any atom is -0.475 e. The molecule has 2 aromatic carbocycles. The third kappa shape index (κ3) is 2.25. The van der Waals surface area contributed by atoms with Crippen molar-refractivity contribution in [3.05, 3.63) is 76.9 Å². The Morgan fingerprint density at radius 3 is 2.64 bits per heavy atom. The average molecular weight is 289 g/mol. The van der Waals surface area contributed by atoms with E-state index < -0.39 is 0 Å². The molecule has 4 rings (SSSR count). The maximum absolute atomic E-state index is 5.77. The summed E-state index contributed by atoms with van der Waals surface area (Å²) in [5, 5.41) is 0. The summed E-state index contributed by atoms with van der Waals surface area (Å²) in [6.45, 7) is 4.84. The summed E-state index contributed by atoms with van der Waals surface area (Å²) < 4.78 is 5.77. The maximum atomic E-state index is 5.77. The molecule has 0 unspecified atom stereocenters. The van der Waals surface area contributed by atoms with Gasteiger partial charge in [0.25, 0.3) is 0 Å². The van der Waals surface area contributed by atoms with Crippen LogP contribution in [-0.2, 0) is 11.2 Å². The fourth-order valence-electron chi connectivity index (χ4n) is 3.11. The zero-order valence-corrected chi connectivity index (χ0v) is 13.0. The molecule has 0 radical (unpaired) electrons. The molecule has 0 fully saturated rings. The first-order chi connectivity index (χ1) is 10.6. The highest BCUT2D eigenvalue weighted by atomic mass is 16.5. The van der Waals surface area contributed by atoms with Gasteiger partial charge in [-0.25, -0.2) is 4.99 Å². The lowest BCUT2D eigenvalue weighted by atomic mass is 9.98. The Morgan fingerprint density at radius 2 is 1.82 bits per heavy atom. The third-order valence-corrected chi connectivity index (χ3v) is 4.22. The Balaban J connectivity index is 1.73. The number of ether oxygens (including phenoxy) is 1. The number of aliphatic imine (C=N–C) groups is 1. The van der Waals surface area contributed by atoms with Crippen LogP contribution in [0, 0.1) is 0 Å². The first-order valence-electron chi connectivity index (χ1n) is 7.74. The highest BCUT2D eigenvalue weighted by molar-refractivity contribution is 5.97. The monoisotopic (exact) mass is 289 g/mol. The Bertz CT molecular complexity index is 799. The van der Waals surface area contributed by atoms with Crippen LogP contribution in [0.5, 0.6) is 0 Å². The van der Waals surface area contributed by atoms with Crippen molar-refractivity contribution < 1.29 is 4.74 Å². The second-order valence-electron chi connectivity index (χ2n) is 6.58. The van der Waals surface area contributed by atoms with Crippen molar-refractivity contribution in [2.75, 3.05) is 6.61 Å². The van der Waals surface area contributed by atoms with Crippen molar-refractivity contribution in [2.24, 2.45) is 4.99 Å². The van der Waals surface area contributed by atoms with Crippen molar-refractivity contribution in [1.82, 2.24) is 0 Å². The van der Waals surface area contributed by atoms with Crippen LogP contribution in [-0.4, -0.2) is 18.0 Å². The van der Waals surface area contributed by atoms with E-state index in [-0.39, 0.29) is 5.54 Å². The molecule has 110 valence electrons. The van der Waals surface area contributed by atoms with Gasteiger partial charge in [0, 0.05) is 5.56 Å². The lowest BCUT2D eigenvalue weighted by Crippen LogP contribution is -2.17. The average Bonchev–Trinajstić information content (AvgIpc) is 3.10. The molecule has 22 heavy (non-hydrogen) atoms. The van der Waals surface area contributed by atoms with E-state index in [0.29, 0.717) is 6.61 Å². The zero-order valence-electron chi connectivity index (χ0n) is 13.0. The van der Waals surface area contributed by atoms with Crippen molar-refractivity contribution in [1.29, 1.82) is 0 Å². The van der Waals surface area contributed by atoms with E-state index >= 15 is 0 Å². The first-order valence-corrected chi connectivity index (χ1v) is 7.74. The summed E-state index contributed by atoms with van der Waals surface area (Å²) >= 11 is 0. The van der Waals surface area contributed by atoms with Gasteiger partial charge in [-0.15, -0.1) is 0 Å². The van der Waals surface area contributed by atoms with E-state index in [1.54, 1.807) is 0 Å². The van der Waals surface area contributed by atoms with Crippen LogP contribution < -0.4 is 0 Å². The maximum Gasteiger partial charge on any atom is 0.216 e. The molecule has 0 bridgehead atoms. The Labute approximate surface area is 131 Å². The van der Waals surface area contributed by atoms with Gasteiger partial charge in [0.15, 0.2) is 0 Å². The smallest absolute Gasteiger partial charge is 0.216 e. The van der Waals surface area contributed by atoms with Gasteiger partial charge in [-0.1, -0.05) is 42.5 Å². The number of rotatable bonds is 2. The normalized spacial score (nSPS) is 18.5. The SMILES string of the molecule is CC1(C)COC(c2cccc(C3=CCc4ccccc43)c2)=N1. The van der Waals surface area contributed by atoms with Crippen molar-refractivity contribution in [3.63, 3.8) is 0 Å². The summed E-state index contributed by atoms with van der Waals surface area (Å²) in [6.07, 6.45) is 3.32. The molecule has 1 aliphatic carbocycles. The van der Waals surface area contributed by atoms with Gasteiger partial charge in [-0.05, 0) is 54.7 Å². The lowest BCUT2D eigenvalue weighted by Gasteiger charge is -2.08. The van der Waals surface area contributed by atoms with Crippen LogP contribution in [0.15, 0.2) is 59.6 Å². The molecule has 0 aromatic heterocycles. The highest BCUT2D eigenvalue weighted by Crippen LogP contribution is 2.33. The zero-order chi connectivity index (χ0) is 15.2. The van der Waals surface area contributed by atoms with Crippen LogP contribution in [0.2, 0.25) is 0 Å². The minimum atomic E-state index is -0.120. The van der Waals surface area contributed by atoms with Gasteiger partial charge in [0.2, 0.25) is 5.90 Å². The van der Waals surface area contributed by atoms with E-state index in [1.165, 1.54) is 22.3 Å². The van der Waals surface area contributed by atoms with E-state index in [4.69, 9.17) is 4.74 Å². The molecule has 2 heteroatoms. The van der Waals surface area contributed by atoms with E-state index in [1.807, 2.05) is 0 Å². The van der Waals surface area contributed by atoms with Crippen LogP contribution in [0.1, 0.15) is 36.1 Å². The van der Waals surface area contributed by atoms with Crippen LogP contribution in [0.25, 0.3) is 5.57 Å². The molecule has 0 amide bonds. The molecule has 0 atom stereocenters. The molecule has 1 heterocycles. The van der Waals surface area contributed by atoms with Crippen molar-refractivity contribution in [2.45, 2.75) is 25.8 Å². The topological polar surface area (TPSA) is 21.6 Å². The number of allylic oxidation sites excluding steroid dienone is 1. The van der Waals surface area contributed by atoms with Gasteiger partial charge in [-0.3, -0.25) is 0 Å². The second kappa shape index (κ2) is 4.84. The largest absolute Gasteiger partial charge is 0.475 e. The number of nitrogens with zero attached hydrogens (tertiary/aromatic N) is 1. The molecule has 2 aromatic rings. The molecule has 0 saturated heterocycles. The van der Waals surface area contributed by atoms with Gasteiger partial charge in [-0.2, -0.15) is 0 Å². The highest BCUT2D eigenvalue weighted by Gasteiger charge is 2.27. The Kier molecular flexibility index (Phi) is 2.93. The van der Waals surface area contributed by atoms with Crippen LogP contribution >= 0.6 is 0 Å². The molecule has 0 spiro atoms. The third-order valence-electron chi connectivity index (χ3n) is 4.22. The fraction of sp³-hybridized carbons (Fsp3) is 0.250. The van der Waals surface area contributed by atoms with Gasteiger partial charge in [0.1, 0.15) is 6.61 Å². The summed E-state index contributed by atoms with van der Waals surface area (Å²) in [6, 6.07) is 17.1. The van der Waals surface area contributed by atoms with E-state index in [2.05, 4.69) is 73.4 Å². The predicted molar refractivity (Wildman–Crippen MR) is 90.2 cm³/mol. The molecule has 1 aliphatic heterocycles. The molecular formula is C20H19NO. The van der Waals surface area contributed by atoms with Crippen LogP contribution in [0.3, 0.4) is 0 Å². The molecule has 0 N–H and O–H groups in total. The van der Waals surface area contributed by atoms with Crippen molar-refractivity contribution >= 4 is 11.5 Å². The fourth-order valence-corrected chi connectivity index (χ4v) is 3.11.